The number of carbonyl (C=O) groups is 1. The molecule has 4 rings (SSSR count). The Balaban J connectivity index is 1.50. The van der Waals surface area contributed by atoms with E-state index in [0.29, 0.717) is 30.7 Å². The van der Waals surface area contributed by atoms with Crippen molar-refractivity contribution >= 4 is 5.91 Å². The number of hydrogen-bond donors (Lipinski definition) is 0. The van der Waals surface area contributed by atoms with E-state index in [-0.39, 0.29) is 12.0 Å². The Morgan fingerprint density at radius 3 is 2.52 bits per heavy atom. The van der Waals surface area contributed by atoms with Crippen LogP contribution in [0.1, 0.15) is 48.1 Å². The van der Waals surface area contributed by atoms with Crippen LogP contribution in [0.15, 0.2) is 30.6 Å². The zero-order valence-corrected chi connectivity index (χ0v) is 16.2. The molecule has 1 saturated heterocycles. The summed E-state index contributed by atoms with van der Waals surface area (Å²) in [5.41, 5.74) is 2.53. The Hall–Kier alpha value is -2.34. The minimum absolute atomic E-state index is 0.0358. The molecule has 0 radical (unpaired) electrons. The maximum atomic E-state index is 13.0. The van der Waals surface area contributed by atoms with Crippen LogP contribution >= 0.6 is 0 Å². The molecule has 0 N–H and O–H groups in total. The lowest BCUT2D eigenvalue weighted by Crippen LogP contribution is -2.43. The first-order valence-electron chi connectivity index (χ1n) is 9.64. The summed E-state index contributed by atoms with van der Waals surface area (Å²) in [4.78, 5) is 19.4. The number of ether oxygens (including phenoxy) is 2. The second kappa shape index (κ2) is 7.35. The van der Waals surface area contributed by atoms with Gasteiger partial charge in [-0.1, -0.05) is 26.0 Å². The predicted octanol–water partition coefficient (Wildman–Crippen LogP) is 3.28. The van der Waals surface area contributed by atoms with E-state index < -0.39 is 0 Å². The standard InChI is InChI=1S/C21H27N3O3/c1-14-8-15(2)10-23(9-14)21(25)20-18-12-27-19(11-24(18)13-22-20)16-4-6-17(26-3)7-5-16/h4-7,13-15,19H,8-12H2,1-3H3/t14-,15-,19-/m0/s1. The number of aromatic nitrogens is 2. The molecule has 3 heterocycles. The van der Waals surface area contributed by atoms with E-state index in [0.717, 1.165) is 30.1 Å². The number of hydrogen-bond acceptors (Lipinski definition) is 4. The van der Waals surface area contributed by atoms with Crippen LogP contribution in [0.5, 0.6) is 5.75 Å². The summed E-state index contributed by atoms with van der Waals surface area (Å²) < 4.78 is 13.3. The van der Waals surface area contributed by atoms with Crippen LogP contribution in [0.3, 0.4) is 0 Å². The number of amides is 1. The third-order valence-electron chi connectivity index (χ3n) is 5.58. The molecule has 144 valence electrons. The van der Waals surface area contributed by atoms with Gasteiger partial charge in [0.1, 0.15) is 11.9 Å². The van der Waals surface area contributed by atoms with E-state index in [9.17, 15) is 4.79 Å². The van der Waals surface area contributed by atoms with Gasteiger partial charge in [-0.3, -0.25) is 4.79 Å². The fraction of sp³-hybridized carbons (Fsp3) is 0.524. The van der Waals surface area contributed by atoms with E-state index in [4.69, 9.17) is 9.47 Å². The summed E-state index contributed by atoms with van der Waals surface area (Å²) >= 11 is 0. The summed E-state index contributed by atoms with van der Waals surface area (Å²) in [6.07, 6.45) is 2.91. The highest BCUT2D eigenvalue weighted by Crippen LogP contribution is 2.30. The Labute approximate surface area is 160 Å². The van der Waals surface area contributed by atoms with Gasteiger partial charge < -0.3 is 18.9 Å². The van der Waals surface area contributed by atoms with Crippen molar-refractivity contribution in [3.05, 3.63) is 47.5 Å². The molecule has 0 unspecified atom stereocenters. The highest BCUT2D eigenvalue weighted by Gasteiger charge is 2.31. The molecule has 2 aliphatic heterocycles. The van der Waals surface area contributed by atoms with Crippen LogP contribution in [0.2, 0.25) is 0 Å². The fourth-order valence-electron chi connectivity index (χ4n) is 4.30. The third kappa shape index (κ3) is 3.58. The molecule has 0 spiro atoms. The third-order valence-corrected chi connectivity index (χ3v) is 5.58. The van der Waals surface area contributed by atoms with Crippen LogP contribution in [0.4, 0.5) is 0 Å². The Morgan fingerprint density at radius 1 is 1.15 bits per heavy atom. The number of rotatable bonds is 3. The Kier molecular flexibility index (Phi) is 4.91. The minimum atomic E-state index is -0.0458. The molecule has 2 aromatic rings. The van der Waals surface area contributed by atoms with Gasteiger partial charge in [-0.25, -0.2) is 4.98 Å². The van der Waals surface area contributed by atoms with Gasteiger partial charge in [0, 0.05) is 13.1 Å². The molecular formula is C21H27N3O3. The zero-order valence-electron chi connectivity index (χ0n) is 16.2. The Bertz CT molecular complexity index is 805. The lowest BCUT2D eigenvalue weighted by Gasteiger charge is -2.35. The summed E-state index contributed by atoms with van der Waals surface area (Å²) in [6.45, 7) is 7.10. The van der Waals surface area contributed by atoms with Crippen molar-refractivity contribution in [2.75, 3.05) is 20.2 Å². The number of imidazole rings is 1. The van der Waals surface area contributed by atoms with Crippen LogP contribution in [-0.4, -0.2) is 40.6 Å². The maximum absolute atomic E-state index is 13.0. The molecule has 2 aliphatic rings. The lowest BCUT2D eigenvalue weighted by molar-refractivity contribution is 0.00217. The van der Waals surface area contributed by atoms with Gasteiger partial charge in [0.2, 0.25) is 0 Å². The highest BCUT2D eigenvalue weighted by molar-refractivity contribution is 5.93. The van der Waals surface area contributed by atoms with Crippen molar-refractivity contribution < 1.29 is 14.3 Å². The average molecular weight is 369 g/mol. The van der Waals surface area contributed by atoms with Crippen molar-refractivity contribution in [1.82, 2.24) is 14.5 Å². The topological polar surface area (TPSA) is 56.6 Å². The zero-order chi connectivity index (χ0) is 19.0. The number of fused-ring (bicyclic) bond motifs is 1. The van der Waals surface area contributed by atoms with Gasteiger partial charge in [0.15, 0.2) is 5.69 Å². The minimum Gasteiger partial charge on any atom is -0.497 e. The van der Waals surface area contributed by atoms with Crippen molar-refractivity contribution in [1.29, 1.82) is 0 Å². The van der Waals surface area contributed by atoms with E-state index in [1.165, 1.54) is 6.42 Å². The maximum Gasteiger partial charge on any atom is 0.274 e. The van der Waals surface area contributed by atoms with Crippen molar-refractivity contribution in [3.63, 3.8) is 0 Å². The largest absolute Gasteiger partial charge is 0.497 e. The monoisotopic (exact) mass is 369 g/mol. The number of nitrogens with zero attached hydrogens (tertiary/aromatic N) is 3. The number of likely N-dealkylation sites (tertiary alicyclic amines) is 1. The fourth-order valence-corrected chi connectivity index (χ4v) is 4.30. The molecule has 1 aromatic heterocycles. The molecule has 0 bridgehead atoms. The molecule has 0 aliphatic carbocycles. The van der Waals surface area contributed by atoms with Gasteiger partial charge in [0.05, 0.1) is 32.3 Å². The lowest BCUT2D eigenvalue weighted by atomic mass is 9.91. The summed E-state index contributed by atoms with van der Waals surface area (Å²) in [6, 6.07) is 7.92. The Morgan fingerprint density at radius 2 is 1.85 bits per heavy atom. The van der Waals surface area contributed by atoms with E-state index in [1.807, 2.05) is 29.2 Å². The second-order valence-electron chi connectivity index (χ2n) is 7.92. The first-order chi connectivity index (χ1) is 13.0. The van der Waals surface area contributed by atoms with Crippen LogP contribution in [0.25, 0.3) is 0 Å². The second-order valence-corrected chi connectivity index (χ2v) is 7.92. The number of carbonyl (C=O) groups excluding carboxylic acids is 1. The first-order valence-corrected chi connectivity index (χ1v) is 9.64. The summed E-state index contributed by atoms with van der Waals surface area (Å²) in [7, 11) is 1.66. The molecule has 1 fully saturated rings. The van der Waals surface area contributed by atoms with Crippen molar-refractivity contribution in [3.8, 4) is 5.75 Å². The van der Waals surface area contributed by atoms with Gasteiger partial charge in [-0.05, 0) is 36.0 Å². The molecule has 27 heavy (non-hydrogen) atoms. The quantitative estimate of drug-likeness (QED) is 0.833. The number of benzene rings is 1. The van der Waals surface area contributed by atoms with E-state index >= 15 is 0 Å². The normalized spacial score (nSPS) is 25.1. The van der Waals surface area contributed by atoms with Crippen LogP contribution in [-0.2, 0) is 17.9 Å². The molecule has 1 aromatic carbocycles. The van der Waals surface area contributed by atoms with Crippen molar-refractivity contribution in [2.24, 2.45) is 11.8 Å². The SMILES string of the molecule is COc1ccc([C@@H]2Cn3cnc(C(=O)N4C[C@@H](C)C[C@H](C)C4)c3CO2)cc1. The smallest absolute Gasteiger partial charge is 0.274 e. The summed E-state index contributed by atoms with van der Waals surface area (Å²) in [5.74, 6) is 1.93. The summed E-state index contributed by atoms with van der Waals surface area (Å²) in [5, 5.41) is 0. The molecule has 3 atom stereocenters. The van der Waals surface area contributed by atoms with Gasteiger partial charge >= 0.3 is 0 Å². The molecule has 0 saturated carbocycles. The highest BCUT2D eigenvalue weighted by atomic mass is 16.5. The predicted molar refractivity (Wildman–Crippen MR) is 102 cm³/mol. The van der Waals surface area contributed by atoms with Crippen LogP contribution < -0.4 is 4.74 Å². The molecular weight excluding hydrogens is 342 g/mol. The van der Waals surface area contributed by atoms with Crippen LogP contribution in [0, 0.1) is 11.8 Å². The van der Waals surface area contributed by atoms with E-state index in [2.05, 4.69) is 23.4 Å². The first kappa shape index (κ1) is 18.0. The van der Waals surface area contributed by atoms with Crippen molar-refractivity contribution in [2.45, 2.75) is 39.5 Å². The van der Waals surface area contributed by atoms with E-state index in [1.54, 1.807) is 13.4 Å². The average Bonchev–Trinajstić information content (AvgIpc) is 3.10. The molecule has 6 nitrogen and oxygen atoms in total. The molecule has 6 heteroatoms. The van der Waals surface area contributed by atoms with Gasteiger partial charge in [0.25, 0.3) is 5.91 Å². The number of methoxy groups -OCH3 is 1. The number of piperidine rings is 1. The van der Waals surface area contributed by atoms with Gasteiger partial charge in [-0.2, -0.15) is 0 Å². The van der Waals surface area contributed by atoms with Gasteiger partial charge in [-0.15, -0.1) is 0 Å². The molecule has 1 amide bonds.